The highest BCUT2D eigenvalue weighted by Crippen LogP contribution is 2.30. The Bertz CT molecular complexity index is 834. The fraction of sp³-hybridized carbons (Fsp3) is 0.235. The number of nitriles is 1. The summed E-state index contributed by atoms with van der Waals surface area (Å²) in [7, 11) is -2.59. The van der Waals surface area contributed by atoms with Gasteiger partial charge in [-0.25, -0.2) is 0 Å². The Labute approximate surface area is 136 Å². The van der Waals surface area contributed by atoms with Crippen molar-refractivity contribution in [1.29, 1.82) is 5.26 Å². The molecule has 0 amide bonds. The van der Waals surface area contributed by atoms with Crippen molar-refractivity contribution >= 4 is 10.1 Å². The molecule has 0 heterocycles. The van der Waals surface area contributed by atoms with Gasteiger partial charge in [0.15, 0.2) is 11.5 Å². The summed E-state index contributed by atoms with van der Waals surface area (Å²) in [5.74, 6) is 0.539. The largest absolute Gasteiger partial charge is 0.493 e. The van der Waals surface area contributed by atoms with Gasteiger partial charge in [-0.05, 0) is 35.7 Å². The molecule has 0 fully saturated rings. The van der Waals surface area contributed by atoms with Gasteiger partial charge in [0.05, 0.1) is 18.7 Å². The molecule has 0 bridgehead atoms. The molecule has 2 aromatic carbocycles. The Kier molecular flexibility index (Phi) is 4.92. The van der Waals surface area contributed by atoms with Crippen LogP contribution in [0.5, 0.6) is 11.5 Å². The van der Waals surface area contributed by atoms with E-state index >= 15 is 0 Å². The first-order valence-electron chi connectivity index (χ1n) is 7.00. The number of nitrogens with zero attached hydrogens (tertiary/aromatic N) is 1. The fourth-order valence-corrected chi connectivity index (χ4v) is 2.93. The van der Waals surface area contributed by atoms with Gasteiger partial charge in [0.2, 0.25) is 0 Å². The molecule has 0 spiro atoms. The molecule has 2 rings (SSSR count). The first-order valence-corrected chi connectivity index (χ1v) is 8.41. The summed E-state index contributed by atoms with van der Waals surface area (Å²) in [6.07, 6.45) is 0. The Hall–Kier alpha value is -2.52. The molecule has 0 aliphatic heterocycles. The minimum absolute atomic E-state index is 0.0411. The monoisotopic (exact) mass is 331 g/mol. The molecular weight excluding hydrogens is 314 g/mol. The summed E-state index contributed by atoms with van der Waals surface area (Å²) < 4.78 is 35.0. The van der Waals surface area contributed by atoms with E-state index in [9.17, 15) is 8.42 Å². The summed E-state index contributed by atoms with van der Waals surface area (Å²) >= 11 is 0. The summed E-state index contributed by atoms with van der Waals surface area (Å²) in [5.41, 5.74) is 1.40. The van der Waals surface area contributed by atoms with Crippen molar-refractivity contribution in [3.05, 3.63) is 53.6 Å². The summed E-state index contributed by atoms with van der Waals surface area (Å²) in [4.78, 5) is 0.0633. The number of methoxy groups -OCH3 is 1. The van der Waals surface area contributed by atoms with Crippen LogP contribution in [0.25, 0.3) is 0 Å². The minimum atomic E-state index is -3.97. The highest BCUT2D eigenvalue weighted by Gasteiger charge is 2.19. The Balaban J connectivity index is 2.33. The van der Waals surface area contributed by atoms with E-state index in [1.807, 2.05) is 19.9 Å². The molecule has 23 heavy (non-hydrogen) atoms. The predicted molar refractivity (Wildman–Crippen MR) is 86.1 cm³/mol. The van der Waals surface area contributed by atoms with Crippen molar-refractivity contribution in [2.75, 3.05) is 7.11 Å². The van der Waals surface area contributed by atoms with Crippen molar-refractivity contribution < 1.29 is 17.3 Å². The first-order chi connectivity index (χ1) is 10.9. The lowest BCUT2D eigenvalue weighted by molar-refractivity contribution is 0.390. The lowest BCUT2D eigenvalue weighted by Gasteiger charge is -2.11. The van der Waals surface area contributed by atoms with Crippen LogP contribution in [0.4, 0.5) is 0 Å². The van der Waals surface area contributed by atoms with Crippen molar-refractivity contribution in [3.63, 3.8) is 0 Å². The van der Waals surface area contributed by atoms with E-state index < -0.39 is 10.1 Å². The summed E-state index contributed by atoms with van der Waals surface area (Å²) in [6.45, 7) is 4.06. The van der Waals surface area contributed by atoms with Gasteiger partial charge < -0.3 is 8.92 Å². The third-order valence-electron chi connectivity index (χ3n) is 3.33. The number of ether oxygens (including phenoxy) is 1. The molecular formula is C17H17NO4S. The maximum atomic E-state index is 12.4. The third kappa shape index (κ3) is 3.82. The van der Waals surface area contributed by atoms with Crippen LogP contribution >= 0.6 is 0 Å². The molecule has 0 aliphatic carbocycles. The lowest BCUT2D eigenvalue weighted by atomic mass is 10.0. The molecule has 0 saturated carbocycles. The van der Waals surface area contributed by atoms with Gasteiger partial charge in [-0.1, -0.05) is 26.0 Å². The Morgan fingerprint density at radius 2 is 1.70 bits per heavy atom. The molecule has 0 unspecified atom stereocenters. The predicted octanol–water partition coefficient (Wildman–Crippen LogP) is 3.46. The van der Waals surface area contributed by atoms with Gasteiger partial charge in [-0.15, -0.1) is 0 Å². The van der Waals surface area contributed by atoms with Gasteiger partial charge in [-0.2, -0.15) is 13.7 Å². The topological polar surface area (TPSA) is 76.4 Å². The summed E-state index contributed by atoms with van der Waals surface area (Å²) in [5, 5.41) is 8.87. The molecule has 0 atom stereocenters. The number of benzene rings is 2. The zero-order chi connectivity index (χ0) is 17.0. The molecule has 120 valence electrons. The van der Waals surface area contributed by atoms with Crippen LogP contribution in [0.2, 0.25) is 0 Å². The van der Waals surface area contributed by atoms with Gasteiger partial charge in [0.25, 0.3) is 0 Å². The second-order valence-corrected chi connectivity index (χ2v) is 6.78. The fourth-order valence-electron chi connectivity index (χ4n) is 1.99. The maximum absolute atomic E-state index is 12.4. The van der Waals surface area contributed by atoms with Gasteiger partial charge in [0, 0.05) is 6.07 Å². The molecule has 0 aliphatic rings. The molecule has 0 aromatic heterocycles. The highest BCUT2D eigenvalue weighted by atomic mass is 32.2. The quantitative estimate of drug-likeness (QED) is 0.784. The first kappa shape index (κ1) is 16.8. The highest BCUT2D eigenvalue weighted by molar-refractivity contribution is 7.87. The van der Waals surface area contributed by atoms with E-state index in [2.05, 4.69) is 0 Å². The van der Waals surface area contributed by atoms with Crippen LogP contribution in [0, 0.1) is 11.3 Å². The molecule has 0 saturated heterocycles. The number of hydrogen-bond donors (Lipinski definition) is 0. The average Bonchev–Trinajstić information content (AvgIpc) is 2.55. The molecule has 6 heteroatoms. The van der Waals surface area contributed by atoms with Crippen LogP contribution in [-0.2, 0) is 10.1 Å². The maximum Gasteiger partial charge on any atom is 0.339 e. The van der Waals surface area contributed by atoms with Crippen molar-refractivity contribution in [1.82, 2.24) is 0 Å². The van der Waals surface area contributed by atoms with Crippen molar-refractivity contribution in [2.24, 2.45) is 0 Å². The van der Waals surface area contributed by atoms with E-state index in [0.717, 1.165) is 5.56 Å². The zero-order valence-electron chi connectivity index (χ0n) is 13.1. The van der Waals surface area contributed by atoms with Crippen LogP contribution in [0.15, 0.2) is 47.4 Å². The van der Waals surface area contributed by atoms with Crippen LogP contribution in [-0.4, -0.2) is 15.5 Å². The molecule has 0 radical (unpaired) electrons. The molecule has 2 aromatic rings. The minimum Gasteiger partial charge on any atom is -0.493 e. The smallest absolute Gasteiger partial charge is 0.339 e. The molecule has 5 nitrogen and oxygen atoms in total. The zero-order valence-corrected chi connectivity index (χ0v) is 13.9. The van der Waals surface area contributed by atoms with Gasteiger partial charge in [-0.3, -0.25) is 0 Å². The Morgan fingerprint density at radius 1 is 1.04 bits per heavy atom. The van der Waals surface area contributed by atoms with Gasteiger partial charge in [0.1, 0.15) is 4.90 Å². The third-order valence-corrected chi connectivity index (χ3v) is 4.58. The average molecular weight is 331 g/mol. The van der Waals surface area contributed by atoms with Crippen LogP contribution in [0.1, 0.15) is 30.9 Å². The Morgan fingerprint density at radius 3 is 2.22 bits per heavy atom. The van der Waals surface area contributed by atoms with Crippen molar-refractivity contribution in [2.45, 2.75) is 24.7 Å². The van der Waals surface area contributed by atoms with Crippen LogP contribution < -0.4 is 8.92 Å². The van der Waals surface area contributed by atoms with E-state index in [4.69, 9.17) is 14.2 Å². The lowest BCUT2D eigenvalue weighted by Crippen LogP contribution is -2.10. The number of rotatable bonds is 5. The molecule has 0 N–H and O–H groups in total. The number of hydrogen-bond acceptors (Lipinski definition) is 5. The normalized spacial score (nSPS) is 11.1. The second kappa shape index (κ2) is 6.71. The SMILES string of the molecule is COc1cc(C#N)ccc1OS(=O)(=O)c1ccc(C(C)C)cc1. The van der Waals surface area contributed by atoms with E-state index in [0.29, 0.717) is 11.5 Å². The van der Waals surface area contributed by atoms with Crippen molar-refractivity contribution in [3.8, 4) is 17.6 Å². The van der Waals surface area contributed by atoms with E-state index in [-0.39, 0.29) is 16.4 Å². The van der Waals surface area contributed by atoms with E-state index in [1.54, 1.807) is 12.1 Å². The summed E-state index contributed by atoms with van der Waals surface area (Å²) in [6, 6.07) is 12.8. The van der Waals surface area contributed by atoms with Gasteiger partial charge >= 0.3 is 10.1 Å². The van der Waals surface area contributed by atoms with E-state index in [1.165, 1.54) is 37.4 Å². The second-order valence-electron chi connectivity index (χ2n) is 5.24. The van der Waals surface area contributed by atoms with Crippen LogP contribution in [0.3, 0.4) is 0 Å². The standard InChI is InChI=1S/C17H17NO4S/c1-12(2)14-5-7-15(8-6-14)23(19,20)22-16-9-4-13(11-18)10-17(16)21-3/h4-10,12H,1-3H3.